The lowest BCUT2D eigenvalue weighted by Gasteiger charge is -2.19. The zero-order chi connectivity index (χ0) is 25.9. The monoisotopic (exact) mass is 632 g/mol. The molecule has 1 fully saturated rings. The molecule has 1 aliphatic rings. The first-order chi connectivity index (χ1) is 17.1. The quantitative estimate of drug-likeness (QED) is 0.217. The van der Waals surface area contributed by atoms with Gasteiger partial charge in [0.1, 0.15) is 35.9 Å². The number of cyclic esters (lactones) is 1. The fourth-order valence-electron chi connectivity index (χ4n) is 3.53. The van der Waals surface area contributed by atoms with Gasteiger partial charge in [-0.05, 0) is 51.3 Å². The Labute approximate surface area is 219 Å². The number of imide groups is 1. The SMILES string of the molecule is O=C(C[C@@H](c1ccc(OCc2ccc(OC(F)(F)F)c(Br)c2)cc1)c1ccon1)N1C(=O)OC[C@@H]1Br. The molecular weight excluding hydrogens is 617 g/mol. The highest BCUT2D eigenvalue weighted by Crippen LogP contribution is 2.33. The number of hydrogen-bond acceptors (Lipinski definition) is 7. The van der Waals surface area contributed by atoms with Crippen LogP contribution in [0.1, 0.15) is 29.2 Å². The molecule has 2 aromatic carbocycles. The lowest BCUT2D eigenvalue weighted by molar-refractivity contribution is -0.274. The third kappa shape index (κ3) is 6.38. The highest BCUT2D eigenvalue weighted by molar-refractivity contribution is 9.10. The molecule has 190 valence electrons. The van der Waals surface area contributed by atoms with Crippen molar-refractivity contribution in [3.63, 3.8) is 0 Å². The van der Waals surface area contributed by atoms with Gasteiger partial charge in [-0.2, -0.15) is 0 Å². The van der Waals surface area contributed by atoms with Crippen LogP contribution >= 0.6 is 31.9 Å². The van der Waals surface area contributed by atoms with Crippen LogP contribution in [0.5, 0.6) is 11.5 Å². The minimum absolute atomic E-state index is 0.0513. The predicted molar refractivity (Wildman–Crippen MR) is 125 cm³/mol. The average Bonchev–Trinajstić information content (AvgIpc) is 3.47. The number of aromatic nitrogens is 1. The summed E-state index contributed by atoms with van der Waals surface area (Å²) >= 11 is 6.32. The number of carbonyl (C=O) groups is 2. The van der Waals surface area contributed by atoms with Crippen LogP contribution in [0.2, 0.25) is 0 Å². The van der Waals surface area contributed by atoms with Gasteiger partial charge >= 0.3 is 12.5 Å². The Morgan fingerprint density at radius 1 is 1.19 bits per heavy atom. The van der Waals surface area contributed by atoms with Gasteiger partial charge in [0.2, 0.25) is 5.91 Å². The van der Waals surface area contributed by atoms with E-state index in [0.717, 1.165) is 10.5 Å². The molecule has 8 nitrogen and oxygen atoms in total. The van der Waals surface area contributed by atoms with Crippen molar-refractivity contribution in [3.8, 4) is 11.5 Å². The summed E-state index contributed by atoms with van der Waals surface area (Å²) in [6.07, 6.45) is -4.16. The van der Waals surface area contributed by atoms with Crippen molar-refractivity contribution in [2.24, 2.45) is 0 Å². The number of ether oxygens (including phenoxy) is 3. The van der Waals surface area contributed by atoms with Crippen LogP contribution < -0.4 is 9.47 Å². The Morgan fingerprint density at radius 3 is 2.53 bits per heavy atom. The van der Waals surface area contributed by atoms with Crippen LogP contribution in [0.3, 0.4) is 0 Å². The molecule has 1 aromatic heterocycles. The van der Waals surface area contributed by atoms with Gasteiger partial charge < -0.3 is 18.7 Å². The summed E-state index contributed by atoms with van der Waals surface area (Å²) in [6.45, 7) is 0.166. The molecule has 36 heavy (non-hydrogen) atoms. The Hall–Kier alpha value is -3.06. The van der Waals surface area contributed by atoms with Crippen LogP contribution in [0.25, 0.3) is 0 Å². The molecule has 2 amide bonds. The van der Waals surface area contributed by atoms with E-state index >= 15 is 0 Å². The summed E-state index contributed by atoms with van der Waals surface area (Å²) in [4.78, 5) is 25.2. The van der Waals surface area contributed by atoms with Crippen molar-refractivity contribution in [2.45, 2.75) is 30.3 Å². The molecule has 3 aromatic rings. The molecule has 0 saturated carbocycles. The van der Waals surface area contributed by atoms with Crippen LogP contribution in [0.15, 0.2) is 63.8 Å². The van der Waals surface area contributed by atoms with E-state index < -0.39 is 29.2 Å². The molecule has 0 radical (unpaired) electrons. The predicted octanol–water partition coefficient (Wildman–Crippen LogP) is 6.14. The summed E-state index contributed by atoms with van der Waals surface area (Å²) in [6, 6.07) is 12.7. The molecular formula is C23H17Br2F3N2O6. The molecule has 0 unspecified atom stereocenters. The number of benzene rings is 2. The first-order valence-corrected chi connectivity index (χ1v) is 12.1. The second-order valence-corrected chi connectivity index (χ2v) is 9.54. The Balaban J connectivity index is 1.43. The van der Waals surface area contributed by atoms with E-state index in [0.29, 0.717) is 17.0 Å². The van der Waals surface area contributed by atoms with Gasteiger partial charge in [-0.15, -0.1) is 13.2 Å². The lowest BCUT2D eigenvalue weighted by atomic mass is 9.92. The number of hydrogen-bond donors (Lipinski definition) is 0. The van der Waals surface area contributed by atoms with Gasteiger partial charge in [-0.1, -0.05) is 39.3 Å². The molecule has 13 heteroatoms. The Bertz CT molecular complexity index is 1220. The Morgan fingerprint density at radius 2 is 1.94 bits per heavy atom. The van der Waals surface area contributed by atoms with E-state index in [1.165, 1.54) is 24.5 Å². The fourth-order valence-corrected chi connectivity index (χ4v) is 4.56. The number of halogens is 5. The molecule has 4 rings (SSSR count). The van der Waals surface area contributed by atoms with Crippen molar-refractivity contribution in [1.82, 2.24) is 10.1 Å². The summed E-state index contributed by atoms with van der Waals surface area (Å²) < 4.78 is 57.0. The molecule has 1 aliphatic heterocycles. The van der Waals surface area contributed by atoms with Gasteiger partial charge in [0.05, 0.1) is 10.2 Å². The minimum atomic E-state index is -4.79. The van der Waals surface area contributed by atoms with Crippen molar-refractivity contribution >= 4 is 43.9 Å². The highest BCUT2D eigenvalue weighted by atomic mass is 79.9. The van der Waals surface area contributed by atoms with Crippen LogP contribution in [-0.2, 0) is 16.1 Å². The van der Waals surface area contributed by atoms with Crippen molar-refractivity contribution < 1.29 is 41.5 Å². The molecule has 0 N–H and O–H groups in total. The lowest BCUT2D eigenvalue weighted by Crippen LogP contribution is -2.36. The van der Waals surface area contributed by atoms with Crippen LogP contribution in [-0.4, -0.2) is 40.0 Å². The maximum absolute atomic E-state index is 12.8. The standard InChI is InChI=1S/C23H17Br2F3N2O6/c24-17-9-13(1-6-19(17)36-23(26,27)28)11-33-15-4-2-14(3-5-15)16(18-7-8-35-29-18)10-21(31)30-20(25)12-34-22(30)32/h1-9,16,20H,10-12H2/t16-,20+/m0/s1. The molecule has 0 aliphatic carbocycles. The first kappa shape index (κ1) is 26.0. The van der Waals surface area contributed by atoms with Crippen LogP contribution in [0.4, 0.5) is 18.0 Å². The van der Waals surface area contributed by atoms with Gasteiger partial charge in [0, 0.05) is 18.4 Å². The number of carbonyl (C=O) groups excluding carboxylic acids is 2. The summed E-state index contributed by atoms with van der Waals surface area (Å²) in [5, 5.41) is 3.96. The summed E-state index contributed by atoms with van der Waals surface area (Å²) in [5.74, 6) is -0.774. The van der Waals surface area contributed by atoms with Gasteiger partial charge in [0.25, 0.3) is 0 Å². The van der Waals surface area contributed by atoms with E-state index in [1.807, 2.05) is 0 Å². The molecule has 2 atom stereocenters. The first-order valence-electron chi connectivity index (χ1n) is 10.4. The largest absolute Gasteiger partial charge is 0.573 e. The molecule has 0 spiro atoms. The summed E-state index contributed by atoms with van der Waals surface area (Å²) in [7, 11) is 0. The van der Waals surface area contributed by atoms with E-state index in [2.05, 4.69) is 41.8 Å². The third-order valence-corrected chi connectivity index (χ3v) is 6.49. The number of alkyl halides is 4. The minimum Gasteiger partial charge on any atom is -0.489 e. The van der Waals surface area contributed by atoms with Crippen LogP contribution in [0, 0.1) is 0 Å². The van der Waals surface area contributed by atoms with Gasteiger partial charge in [-0.3, -0.25) is 4.79 Å². The highest BCUT2D eigenvalue weighted by Gasteiger charge is 2.37. The summed E-state index contributed by atoms with van der Waals surface area (Å²) in [5.41, 5.74) is 1.87. The molecule has 0 bridgehead atoms. The van der Waals surface area contributed by atoms with Gasteiger partial charge in [-0.25, -0.2) is 9.69 Å². The molecule has 1 saturated heterocycles. The van der Waals surface area contributed by atoms with E-state index in [-0.39, 0.29) is 29.9 Å². The maximum atomic E-state index is 12.8. The number of amides is 2. The van der Waals surface area contributed by atoms with E-state index in [1.54, 1.807) is 30.3 Å². The van der Waals surface area contributed by atoms with E-state index in [4.69, 9.17) is 14.0 Å². The van der Waals surface area contributed by atoms with E-state index in [9.17, 15) is 22.8 Å². The maximum Gasteiger partial charge on any atom is 0.573 e. The fraction of sp³-hybridized carbons (Fsp3) is 0.261. The van der Waals surface area contributed by atoms with Crippen molar-refractivity contribution in [3.05, 3.63) is 76.1 Å². The third-order valence-electron chi connectivity index (χ3n) is 5.19. The molecule has 2 heterocycles. The zero-order valence-electron chi connectivity index (χ0n) is 18.2. The topological polar surface area (TPSA) is 91.1 Å². The smallest absolute Gasteiger partial charge is 0.489 e. The average molecular weight is 634 g/mol. The zero-order valence-corrected chi connectivity index (χ0v) is 21.4. The van der Waals surface area contributed by atoms with Gasteiger partial charge in [0.15, 0.2) is 0 Å². The second-order valence-electron chi connectivity index (χ2n) is 7.63. The Kier molecular flexibility index (Phi) is 7.88. The normalized spacial score (nSPS) is 16.5. The van der Waals surface area contributed by atoms with Crippen molar-refractivity contribution in [2.75, 3.05) is 6.61 Å². The second kappa shape index (κ2) is 10.9. The number of nitrogens with zero attached hydrogens (tertiary/aromatic N) is 2. The number of rotatable bonds is 8. The van der Waals surface area contributed by atoms with Crippen molar-refractivity contribution in [1.29, 1.82) is 0 Å².